The smallest absolute Gasteiger partial charge is 0.328 e. The van der Waals surface area contributed by atoms with Gasteiger partial charge in [0.2, 0.25) is 0 Å². The number of benzene rings is 3. The van der Waals surface area contributed by atoms with E-state index in [0.29, 0.717) is 42.8 Å². The molecule has 0 saturated heterocycles. The summed E-state index contributed by atoms with van der Waals surface area (Å²) in [5, 5.41) is 2.89. The number of halogens is 2. The highest BCUT2D eigenvalue weighted by Crippen LogP contribution is 2.29. The number of hydrogen-bond acceptors (Lipinski definition) is 5. The molecule has 220 valence electrons. The summed E-state index contributed by atoms with van der Waals surface area (Å²) in [6.07, 6.45) is 4.96. The average molecular weight is 583 g/mol. The molecule has 5 nitrogen and oxygen atoms in total. The van der Waals surface area contributed by atoms with Gasteiger partial charge in [0.1, 0.15) is 17.7 Å². The molecular weight excluding hydrogens is 542 g/mol. The average Bonchev–Trinajstić information content (AvgIpc) is 2.95. The molecule has 0 radical (unpaired) electrons. The Morgan fingerprint density at radius 3 is 2.37 bits per heavy atom. The van der Waals surface area contributed by atoms with Gasteiger partial charge in [0.25, 0.3) is 5.91 Å². The number of ether oxygens (including phenoxy) is 1. The first kappa shape index (κ1) is 32.3. The Balaban J connectivity index is 1.90. The lowest BCUT2D eigenvalue weighted by atomic mass is 9.93. The Bertz CT molecular complexity index is 1300. The van der Waals surface area contributed by atoms with Gasteiger partial charge < -0.3 is 10.1 Å². The number of carbonyl (C=O) groups excluding carboxylic acids is 2. The molecule has 0 aliphatic rings. The summed E-state index contributed by atoms with van der Waals surface area (Å²) in [4.78, 5) is 28.2. The molecule has 3 aromatic carbocycles. The van der Waals surface area contributed by atoms with Crippen molar-refractivity contribution in [1.29, 1.82) is 0 Å². The third-order valence-electron chi connectivity index (χ3n) is 7.04. The Morgan fingerprint density at radius 2 is 1.71 bits per heavy atom. The summed E-state index contributed by atoms with van der Waals surface area (Å²) >= 11 is 1.60. The topological polar surface area (TPSA) is 58.6 Å². The molecule has 1 N–H and O–H groups in total. The van der Waals surface area contributed by atoms with Crippen LogP contribution in [0.4, 0.5) is 8.78 Å². The van der Waals surface area contributed by atoms with Crippen LogP contribution in [0.5, 0.6) is 0 Å². The molecule has 1 atom stereocenters. The summed E-state index contributed by atoms with van der Waals surface area (Å²) in [5.41, 5.74) is 4.88. The number of amides is 1. The van der Waals surface area contributed by atoms with E-state index in [1.54, 1.807) is 11.8 Å². The molecule has 0 spiro atoms. The predicted octanol–water partition coefficient (Wildman–Crippen LogP) is 6.81. The number of carbonyl (C=O) groups is 2. The van der Waals surface area contributed by atoms with Gasteiger partial charge in [0, 0.05) is 24.7 Å². The maximum Gasteiger partial charge on any atom is 0.328 e. The van der Waals surface area contributed by atoms with Crippen molar-refractivity contribution in [2.75, 3.05) is 32.2 Å². The first-order chi connectivity index (χ1) is 19.7. The number of nitrogens with one attached hydrogen (secondary N) is 1. The molecule has 0 saturated carbocycles. The van der Waals surface area contributed by atoms with E-state index in [-0.39, 0.29) is 5.91 Å². The summed E-state index contributed by atoms with van der Waals surface area (Å²) in [5.74, 6) is -1.23. The molecule has 0 fully saturated rings. The van der Waals surface area contributed by atoms with Crippen molar-refractivity contribution >= 4 is 23.6 Å². The molecule has 1 amide bonds. The summed E-state index contributed by atoms with van der Waals surface area (Å²) in [6.45, 7) is 6.24. The van der Waals surface area contributed by atoms with Crippen LogP contribution in [-0.4, -0.2) is 55.0 Å². The van der Waals surface area contributed by atoms with Crippen molar-refractivity contribution in [3.63, 3.8) is 0 Å². The molecule has 0 bridgehead atoms. The molecule has 41 heavy (non-hydrogen) atoms. The summed E-state index contributed by atoms with van der Waals surface area (Å²) in [6, 6.07) is 16.6. The molecule has 0 aliphatic heterocycles. The molecule has 0 heterocycles. The second-order valence-electron chi connectivity index (χ2n) is 10.2. The molecular formula is C33H40F2N2O3S. The van der Waals surface area contributed by atoms with Gasteiger partial charge in [-0.05, 0) is 96.8 Å². The Hall–Kier alpha value is -3.23. The van der Waals surface area contributed by atoms with Crippen molar-refractivity contribution in [2.24, 2.45) is 0 Å². The normalized spacial score (nSPS) is 11.9. The highest BCUT2D eigenvalue weighted by Gasteiger charge is 2.24. The van der Waals surface area contributed by atoms with Crippen LogP contribution in [0.3, 0.4) is 0 Å². The predicted molar refractivity (Wildman–Crippen MR) is 163 cm³/mol. The van der Waals surface area contributed by atoms with Crippen molar-refractivity contribution in [1.82, 2.24) is 10.2 Å². The van der Waals surface area contributed by atoms with Crippen molar-refractivity contribution in [3.8, 4) is 11.1 Å². The molecule has 3 rings (SSSR count). The first-order valence-corrected chi connectivity index (χ1v) is 15.4. The first-order valence-electron chi connectivity index (χ1n) is 14.0. The van der Waals surface area contributed by atoms with Gasteiger partial charge in [0.15, 0.2) is 0 Å². The van der Waals surface area contributed by atoms with Crippen LogP contribution in [0.2, 0.25) is 0 Å². The van der Waals surface area contributed by atoms with Crippen LogP contribution in [0.25, 0.3) is 11.1 Å². The SMILES string of the molecule is CCCCN(CCc1cc(F)cc(F)c1)Cc1ccc(C(=O)NC(CCSC)C(=O)OC)c(-c2ccccc2C)c1. The quantitative estimate of drug-likeness (QED) is 0.200. The van der Waals surface area contributed by atoms with Gasteiger partial charge in [-0.25, -0.2) is 13.6 Å². The minimum absolute atomic E-state index is 0.331. The fourth-order valence-corrected chi connectivity index (χ4v) is 5.27. The lowest BCUT2D eigenvalue weighted by Gasteiger charge is -2.24. The number of methoxy groups -OCH3 is 1. The Kier molecular flexibility index (Phi) is 12.8. The highest BCUT2D eigenvalue weighted by atomic mass is 32.2. The maximum absolute atomic E-state index is 13.7. The molecule has 8 heteroatoms. The number of nitrogens with zero attached hydrogens (tertiary/aromatic N) is 1. The van der Waals surface area contributed by atoms with E-state index in [4.69, 9.17) is 4.74 Å². The fourth-order valence-electron chi connectivity index (χ4n) is 4.80. The van der Waals surface area contributed by atoms with Gasteiger partial charge in [0.05, 0.1) is 7.11 Å². The zero-order valence-electron chi connectivity index (χ0n) is 24.3. The Labute approximate surface area is 246 Å². The minimum atomic E-state index is -0.735. The zero-order chi connectivity index (χ0) is 29.8. The second-order valence-corrected chi connectivity index (χ2v) is 11.2. The van der Waals surface area contributed by atoms with Crippen LogP contribution in [0.1, 0.15) is 53.2 Å². The minimum Gasteiger partial charge on any atom is -0.467 e. The van der Waals surface area contributed by atoms with Crippen LogP contribution >= 0.6 is 11.8 Å². The van der Waals surface area contributed by atoms with Gasteiger partial charge in [-0.2, -0.15) is 11.8 Å². The number of unbranched alkanes of at least 4 members (excludes halogenated alkanes) is 1. The maximum atomic E-state index is 13.7. The molecule has 1 unspecified atom stereocenters. The third-order valence-corrected chi connectivity index (χ3v) is 7.68. The van der Waals surface area contributed by atoms with Gasteiger partial charge in [-0.1, -0.05) is 43.7 Å². The fraction of sp³-hybridized carbons (Fsp3) is 0.394. The standard InChI is InChI=1S/C33H40F2N2O3S/c1-5-6-15-37(16-13-24-18-26(34)21-27(35)19-24)22-25-11-12-29(30(20-25)28-10-8-7-9-23(28)2)32(38)36-31(14-17-41-4)33(39)40-3/h7-12,18-21,31H,5-6,13-17,22H2,1-4H3,(H,36,38). The van der Waals surface area contributed by atoms with Crippen molar-refractivity contribution < 1.29 is 23.1 Å². The molecule has 0 aliphatic carbocycles. The summed E-state index contributed by atoms with van der Waals surface area (Å²) < 4.78 is 32.4. The van der Waals surface area contributed by atoms with Crippen LogP contribution in [-0.2, 0) is 22.5 Å². The molecule has 3 aromatic rings. The number of thioether (sulfide) groups is 1. The number of rotatable bonds is 15. The monoisotopic (exact) mass is 582 g/mol. The number of aryl methyl sites for hydroxylation is 1. The van der Waals surface area contributed by atoms with Crippen LogP contribution in [0.15, 0.2) is 60.7 Å². The van der Waals surface area contributed by atoms with Gasteiger partial charge in [-0.3, -0.25) is 9.69 Å². The largest absolute Gasteiger partial charge is 0.467 e. The van der Waals surface area contributed by atoms with E-state index in [2.05, 4.69) is 17.1 Å². The highest BCUT2D eigenvalue weighted by molar-refractivity contribution is 7.98. The second kappa shape index (κ2) is 16.3. The van der Waals surface area contributed by atoms with Crippen LogP contribution in [0, 0.1) is 18.6 Å². The van der Waals surface area contributed by atoms with E-state index in [1.807, 2.05) is 55.6 Å². The lowest BCUT2D eigenvalue weighted by Crippen LogP contribution is -2.42. The van der Waals surface area contributed by atoms with E-state index in [9.17, 15) is 18.4 Å². The van der Waals surface area contributed by atoms with E-state index in [0.717, 1.165) is 47.7 Å². The van der Waals surface area contributed by atoms with E-state index in [1.165, 1.54) is 19.2 Å². The zero-order valence-corrected chi connectivity index (χ0v) is 25.2. The lowest BCUT2D eigenvalue weighted by molar-refractivity contribution is -0.142. The number of hydrogen-bond donors (Lipinski definition) is 1. The van der Waals surface area contributed by atoms with E-state index >= 15 is 0 Å². The number of esters is 1. The van der Waals surface area contributed by atoms with Gasteiger partial charge >= 0.3 is 5.97 Å². The molecule has 0 aromatic heterocycles. The van der Waals surface area contributed by atoms with Gasteiger partial charge in [-0.15, -0.1) is 0 Å². The third kappa shape index (κ3) is 9.68. The van der Waals surface area contributed by atoms with Crippen molar-refractivity contribution in [2.45, 2.75) is 52.1 Å². The van der Waals surface area contributed by atoms with E-state index < -0.39 is 23.6 Å². The Morgan fingerprint density at radius 1 is 0.976 bits per heavy atom. The van der Waals surface area contributed by atoms with Crippen LogP contribution < -0.4 is 5.32 Å². The summed E-state index contributed by atoms with van der Waals surface area (Å²) in [7, 11) is 1.32. The van der Waals surface area contributed by atoms with Crippen molar-refractivity contribution in [3.05, 3.63) is 94.6 Å².